The zero-order valence-electron chi connectivity index (χ0n) is 12.2. The largest absolute Gasteiger partial charge is 0.235 e. The van der Waals surface area contributed by atoms with E-state index in [1.165, 1.54) is 32.5 Å². The summed E-state index contributed by atoms with van der Waals surface area (Å²) in [6.07, 6.45) is 1.71. The molecule has 122 valence electrons. The number of halogens is 2. The number of hydrogen-bond donors (Lipinski definition) is 0. The van der Waals surface area contributed by atoms with E-state index in [-0.39, 0.29) is 11.4 Å². The van der Waals surface area contributed by atoms with E-state index in [1.807, 2.05) is 6.07 Å². The van der Waals surface area contributed by atoms with Crippen LogP contribution in [0.4, 0.5) is 8.78 Å². The first-order valence-electron chi connectivity index (χ1n) is 7.06. The van der Waals surface area contributed by atoms with E-state index in [1.54, 1.807) is 12.3 Å². The van der Waals surface area contributed by atoms with Crippen molar-refractivity contribution in [1.29, 1.82) is 0 Å². The molecule has 0 spiro atoms. The number of nitrogens with zero attached hydrogens (tertiary/aromatic N) is 8. The van der Waals surface area contributed by atoms with E-state index in [2.05, 4.69) is 30.8 Å². The van der Waals surface area contributed by atoms with Crippen LogP contribution in [0.15, 0.2) is 36.5 Å². The van der Waals surface area contributed by atoms with E-state index in [0.29, 0.717) is 21.2 Å². The fourth-order valence-electron chi connectivity index (χ4n) is 2.50. The highest BCUT2D eigenvalue weighted by Crippen LogP contribution is 2.30. The quantitative estimate of drug-likeness (QED) is 0.482. The minimum Gasteiger partial charge on any atom is -0.204 e. The lowest BCUT2D eigenvalue weighted by molar-refractivity contribution is 0.510. The topological polar surface area (TPSA) is 86.2 Å². The molecule has 25 heavy (non-hydrogen) atoms. The predicted molar refractivity (Wildman–Crippen MR) is 83.8 cm³/mol. The monoisotopic (exact) mass is 356 g/mol. The Morgan fingerprint density at radius 1 is 0.960 bits per heavy atom. The average molecular weight is 356 g/mol. The van der Waals surface area contributed by atoms with Gasteiger partial charge in [-0.25, -0.2) is 8.78 Å². The third kappa shape index (κ3) is 2.02. The van der Waals surface area contributed by atoms with E-state index in [4.69, 9.17) is 0 Å². The molecule has 0 aliphatic rings. The number of fused-ring (bicyclic) bond motifs is 2. The van der Waals surface area contributed by atoms with Gasteiger partial charge in [0.1, 0.15) is 0 Å². The first-order valence-corrected chi connectivity index (χ1v) is 7.88. The molecule has 0 unspecified atom stereocenters. The molecule has 0 bridgehead atoms. The van der Waals surface area contributed by atoms with Crippen molar-refractivity contribution in [2.75, 3.05) is 0 Å². The van der Waals surface area contributed by atoms with Crippen molar-refractivity contribution >= 4 is 21.9 Å². The van der Waals surface area contributed by atoms with Crippen molar-refractivity contribution in [3.8, 4) is 22.0 Å². The first-order chi connectivity index (χ1) is 12.2. The maximum Gasteiger partial charge on any atom is 0.235 e. The third-order valence-corrected chi connectivity index (χ3v) is 4.57. The van der Waals surface area contributed by atoms with Gasteiger partial charge in [0, 0.05) is 6.20 Å². The van der Waals surface area contributed by atoms with Gasteiger partial charge in [0.05, 0.1) is 11.1 Å². The molecular formula is C14H6F2N8S. The summed E-state index contributed by atoms with van der Waals surface area (Å²) in [5.41, 5.74) is 1.23. The molecule has 0 saturated heterocycles. The fourth-order valence-corrected chi connectivity index (χ4v) is 3.36. The van der Waals surface area contributed by atoms with E-state index in [9.17, 15) is 8.78 Å². The van der Waals surface area contributed by atoms with Crippen molar-refractivity contribution in [3.63, 3.8) is 0 Å². The lowest BCUT2D eigenvalue weighted by Gasteiger charge is -2.00. The zero-order valence-corrected chi connectivity index (χ0v) is 13.0. The highest BCUT2D eigenvalue weighted by atomic mass is 32.1. The Morgan fingerprint density at radius 2 is 1.84 bits per heavy atom. The van der Waals surface area contributed by atoms with E-state index in [0.717, 1.165) is 6.07 Å². The molecule has 8 nitrogen and oxygen atoms in total. The highest BCUT2D eigenvalue weighted by Gasteiger charge is 2.20. The summed E-state index contributed by atoms with van der Waals surface area (Å²) in [6.45, 7) is 0. The van der Waals surface area contributed by atoms with Crippen LogP contribution in [-0.4, -0.2) is 39.9 Å². The van der Waals surface area contributed by atoms with Gasteiger partial charge in [0.15, 0.2) is 28.1 Å². The van der Waals surface area contributed by atoms with Crippen LogP contribution in [0, 0.1) is 11.6 Å². The Hall–Kier alpha value is -3.34. The molecule has 0 N–H and O–H groups in total. The Kier molecular flexibility index (Phi) is 2.85. The maximum atomic E-state index is 14.1. The molecule has 0 radical (unpaired) electrons. The molecule has 0 aliphatic heterocycles. The molecule has 0 aliphatic carbocycles. The van der Waals surface area contributed by atoms with Crippen LogP contribution >= 0.6 is 11.3 Å². The molecule has 5 rings (SSSR count). The van der Waals surface area contributed by atoms with Gasteiger partial charge < -0.3 is 0 Å². The second kappa shape index (κ2) is 5.08. The second-order valence-electron chi connectivity index (χ2n) is 5.10. The van der Waals surface area contributed by atoms with Gasteiger partial charge in [-0.1, -0.05) is 17.4 Å². The molecule has 4 heterocycles. The molecule has 0 saturated carbocycles. The lowest BCUT2D eigenvalue weighted by atomic mass is 10.2. The van der Waals surface area contributed by atoms with Crippen molar-refractivity contribution in [2.45, 2.75) is 0 Å². The van der Waals surface area contributed by atoms with Gasteiger partial charge in [-0.05, 0) is 34.7 Å². The summed E-state index contributed by atoms with van der Waals surface area (Å²) in [5.74, 6) is -1.82. The Bertz CT molecular complexity index is 1240. The third-order valence-electron chi connectivity index (χ3n) is 3.64. The van der Waals surface area contributed by atoms with Crippen molar-refractivity contribution in [3.05, 3.63) is 48.2 Å². The van der Waals surface area contributed by atoms with Crippen molar-refractivity contribution in [2.24, 2.45) is 0 Å². The molecule has 11 heteroatoms. The molecule has 4 aromatic heterocycles. The van der Waals surface area contributed by atoms with Gasteiger partial charge in [-0.2, -0.15) is 14.1 Å². The van der Waals surface area contributed by atoms with Crippen LogP contribution in [0.3, 0.4) is 0 Å². The zero-order chi connectivity index (χ0) is 17.0. The minimum atomic E-state index is -0.991. The molecular weight excluding hydrogens is 350 g/mol. The van der Waals surface area contributed by atoms with Gasteiger partial charge in [0.25, 0.3) is 0 Å². The Balaban J connectivity index is 1.73. The normalized spacial score (nSPS) is 11.6. The van der Waals surface area contributed by atoms with Crippen LogP contribution in [-0.2, 0) is 0 Å². The Labute approximate surface area is 141 Å². The smallest absolute Gasteiger partial charge is 0.204 e. The molecule has 0 fully saturated rings. The molecule has 1 aromatic carbocycles. The molecule has 0 atom stereocenters. The van der Waals surface area contributed by atoms with E-state index >= 15 is 0 Å². The Morgan fingerprint density at radius 3 is 2.76 bits per heavy atom. The predicted octanol–water partition coefficient (Wildman–Crippen LogP) is 2.24. The summed E-state index contributed by atoms with van der Waals surface area (Å²) in [6, 6.07) is 7.48. The summed E-state index contributed by atoms with van der Waals surface area (Å²) in [7, 11) is 0. The average Bonchev–Trinajstić information content (AvgIpc) is 3.31. The van der Waals surface area contributed by atoms with Crippen LogP contribution in [0.25, 0.3) is 32.6 Å². The first kappa shape index (κ1) is 14.0. The van der Waals surface area contributed by atoms with Crippen molar-refractivity contribution < 1.29 is 8.78 Å². The summed E-state index contributed by atoms with van der Waals surface area (Å²) < 4.78 is 30.5. The lowest BCUT2D eigenvalue weighted by Crippen LogP contribution is -1.96. The second-order valence-corrected chi connectivity index (χ2v) is 6.05. The fraction of sp³-hybridized carbons (Fsp3) is 0. The molecule has 0 amide bonds. The highest BCUT2D eigenvalue weighted by molar-refractivity contribution is 7.19. The molecule has 5 aromatic rings. The number of aromatic nitrogens is 8. The van der Waals surface area contributed by atoms with Gasteiger partial charge >= 0.3 is 0 Å². The summed E-state index contributed by atoms with van der Waals surface area (Å²) in [4.78, 5) is 0.447. The van der Waals surface area contributed by atoms with Crippen LogP contribution in [0.5, 0.6) is 0 Å². The SMILES string of the molecule is Fc1cccc(-c2nnc3sc(-c4cccn5nnnc45)nn23)c1F. The maximum absolute atomic E-state index is 14.1. The minimum absolute atomic E-state index is 0.00768. The summed E-state index contributed by atoms with van der Waals surface area (Å²) >= 11 is 1.25. The summed E-state index contributed by atoms with van der Waals surface area (Å²) in [5, 5.41) is 24.4. The van der Waals surface area contributed by atoms with Crippen LogP contribution in [0.1, 0.15) is 0 Å². The van der Waals surface area contributed by atoms with Crippen LogP contribution < -0.4 is 0 Å². The number of benzene rings is 1. The number of pyridine rings is 1. The van der Waals surface area contributed by atoms with Crippen molar-refractivity contribution in [1.82, 2.24) is 39.9 Å². The number of hydrogen-bond acceptors (Lipinski definition) is 7. The number of rotatable bonds is 2. The standard InChI is InChI=1S/C14H6F2N8S/c15-9-5-1-3-7(10(9)16)12-17-19-14-24(12)20-13(25-14)8-4-2-6-23-11(8)18-21-22-23/h1-6H. The van der Waals surface area contributed by atoms with Gasteiger partial charge in [-0.3, -0.25) is 0 Å². The van der Waals surface area contributed by atoms with E-state index < -0.39 is 11.6 Å². The van der Waals surface area contributed by atoms with Gasteiger partial charge in [0.2, 0.25) is 4.96 Å². The van der Waals surface area contributed by atoms with Crippen LogP contribution in [0.2, 0.25) is 0 Å². The van der Waals surface area contributed by atoms with Gasteiger partial charge in [-0.15, -0.1) is 15.3 Å². The number of tetrazole rings is 1.